The number of aromatic nitrogens is 1. The number of H-pyrrole nitrogens is 1. The minimum Gasteiger partial charge on any atom is -0.497 e. The van der Waals surface area contributed by atoms with E-state index in [1.807, 2.05) is 37.5 Å². The number of aromatic amines is 1. The number of hydrogen-bond donors (Lipinski definition) is 4. The molecule has 0 fully saturated rings. The molecule has 0 saturated carbocycles. The lowest BCUT2D eigenvalue weighted by atomic mass is 9.99. The van der Waals surface area contributed by atoms with E-state index in [-0.39, 0.29) is 18.3 Å². The maximum absolute atomic E-state index is 12.1. The number of carbonyl (C=O) groups is 1. The fraction of sp³-hybridized carbons (Fsp3) is 0.286. The second kappa shape index (κ2) is 7.04. The first-order valence-electron chi connectivity index (χ1n) is 6.44. The van der Waals surface area contributed by atoms with Gasteiger partial charge in [0.1, 0.15) is 11.4 Å². The average molecular weight is 327 g/mol. The Labute approximate surface area is 134 Å². The van der Waals surface area contributed by atoms with Gasteiger partial charge in [-0.05, 0) is 29.7 Å². The van der Waals surface area contributed by atoms with E-state index in [2.05, 4.69) is 4.98 Å². The number of rotatable bonds is 3. The summed E-state index contributed by atoms with van der Waals surface area (Å²) < 4.78 is 5.22. The highest BCUT2D eigenvalue weighted by atomic mass is 35.5. The van der Waals surface area contributed by atoms with Gasteiger partial charge in [-0.2, -0.15) is 5.48 Å². The molecule has 1 aromatic carbocycles. The van der Waals surface area contributed by atoms with E-state index in [9.17, 15) is 4.79 Å². The Bertz CT molecular complexity index is 697. The van der Waals surface area contributed by atoms with Gasteiger partial charge in [0.15, 0.2) is 0 Å². The Morgan fingerprint density at radius 3 is 2.64 bits per heavy atom. The van der Waals surface area contributed by atoms with Crippen molar-refractivity contribution < 1.29 is 14.4 Å². The van der Waals surface area contributed by atoms with Crippen molar-refractivity contribution >= 4 is 35.2 Å². The molecule has 0 unspecified atom stereocenters. The van der Waals surface area contributed by atoms with Crippen LogP contribution in [0.2, 0.25) is 0 Å². The monoisotopic (exact) mass is 326 g/mol. The van der Waals surface area contributed by atoms with Crippen LogP contribution in [0.25, 0.3) is 10.9 Å². The molecule has 7 nitrogen and oxygen atoms in total. The zero-order valence-corrected chi connectivity index (χ0v) is 13.3. The van der Waals surface area contributed by atoms with Crippen LogP contribution in [0.4, 0.5) is 0 Å². The summed E-state index contributed by atoms with van der Waals surface area (Å²) in [5.41, 5.74) is 9.12. The van der Waals surface area contributed by atoms with E-state index in [0.29, 0.717) is 11.4 Å². The van der Waals surface area contributed by atoms with E-state index >= 15 is 0 Å². The van der Waals surface area contributed by atoms with Gasteiger partial charge in [-0.1, -0.05) is 13.8 Å². The molecule has 1 aromatic heterocycles. The van der Waals surface area contributed by atoms with Gasteiger partial charge in [-0.25, -0.2) is 4.79 Å². The molecule has 0 bridgehead atoms. The van der Waals surface area contributed by atoms with Gasteiger partial charge in [0.25, 0.3) is 0 Å². The van der Waals surface area contributed by atoms with Crippen LogP contribution in [0, 0.1) is 5.41 Å². The normalized spacial score (nSPS) is 10.2. The number of halogens is 1. The molecule has 2 aromatic rings. The predicted octanol–water partition coefficient (Wildman–Crippen LogP) is 2.28. The first kappa shape index (κ1) is 17.6. The number of nitrogens with one attached hydrogen (secondary N) is 3. The number of guanidine groups is 1. The second-order valence-corrected chi connectivity index (χ2v) is 4.89. The highest BCUT2D eigenvalue weighted by molar-refractivity contribution is 5.99. The van der Waals surface area contributed by atoms with Gasteiger partial charge in [-0.3, -0.25) is 5.41 Å². The van der Waals surface area contributed by atoms with Gasteiger partial charge >= 0.3 is 5.97 Å². The molecule has 1 heterocycles. The topological polar surface area (TPSA) is 113 Å². The number of carbonyl (C=O) groups excluding carboxylic acids is 1. The molecule has 8 heteroatoms. The van der Waals surface area contributed by atoms with Gasteiger partial charge in [0.2, 0.25) is 5.96 Å². The van der Waals surface area contributed by atoms with Crippen molar-refractivity contribution in [1.82, 2.24) is 10.5 Å². The van der Waals surface area contributed by atoms with E-state index in [1.165, 1.54) is 0 Å². The number of methoxy groups -OCH3 is 1. The Kier molecular flexibility index (Phi) is 5.64. The Hall–Kier alpha value is -2.41. The van der Waals surface area contributed by atoms with Crippen LogP contribution in [0.1, 0.15) is 35.8 Å². The van der Waals surface area contributed by atoms with Gasteiger partial charge in [0, 0.05) is 10.9 Å². The lowest BCUT2D eigenvalue weighted by Crippen LogP contribution is -2.33. The van der Waals surface area contributed by atoms with Crippen molar-refractivity contribution in [3.8, 4) is 5.75 Å². The first-order valence-corrected chi connectivity index (χ1v) is 6.44. The summed E-state index contributed by atoms with van der Waals surface area (Å²) in [6.07, 6.45) is 0. The maximum atomic E-state index is 12.1. The molecule has 5 N–H and O–H groups in total. The average Bonchev–Trinajstić information content (AvgIpc) is 2.82. The zero-order chi connectivity index (χ0) is 15.6. The van der Waals surface area contributed by atoms with Crippen molar-refractivity contribution in [2.24, 2.45) is 5.73 Å². The minimum absolute atomic E-state index is 0. The first-order chi connectivity index (χ1) is 9.93. The number of hydroxylamine groups is 1. The number of fused-ring (bicyclic) bond motifs is 1. The van der Waals surface area contributed by atoms with Crippen molar-refractivity contribution in [3.05, 3.63) is 29.5 Å². The molecule has 0 amide bonds. The van der Waals surface area contributed by atoms with Crippen molar-refractivity contribution in [2.45, 2.75) is 19.8 Å². The summed E-state index contributed by atoms with van der Waals surface area (Å²) >= 11 is 0. The van der Waals surface area contributed by atoms with Crippen LogP contribution in [-0.2, 0) is 4.84 Å². The van der Waals surface area contributed by atoms with Crippen LogP contribution >= 0.6 is 12.4 Å². The highest BCUT2D eigenvalue weighted by Crippen LogP contribution is 2.32. The van der Waals surface area contributed by atoms with Gasteiger partial charge in [0.05, 0.1) is 7.11 Å². The second-order valence-electron chi connectivity index (χ2n) is 4.89. The van der Waals surface area contributed by atoms with E-state index < -0.39 is 11.9 Å². The van der Waals surface area contributed by atoms with Crippen LogP contribution in [0.5, 0.6) is 5.75 Å². The quantitative estimate of drug-likeness (QED) is 0.392. The number of nitrogens with two attached hydrogens (primary N) is 1. The molecule has 120 valence electrons. The zero-order valence-electron chi connectivity index (χ0n) is 12.5. The molecule has 0 saturated heterocycles. The Balaban J connectivity index is 0.00000242. The fourth-order valence-corrected chi connectivity index (χ4v) is 2.23. The minimum atomic E-state index is -0.621. The maximum Gasteiger partial charge on any atom is 0.379 e. The van der Waals surface area contributed by atoms with Gasteiger partial charge in [-0.15, -0.1) is 12.4 Å². The molecule has 0 atom stereocenters. The Morgan fingerprint density at radius 1 is 1.41 bits per heavy atom. The molecular formula is C14H19ClN4O3. The fourth-order valence-electron chi connectivity index (χ4n) is 2.23. The number of ether oxygens (including phenoxy) is 1. The molecule has 0 aliphatic rings. The van der Waals surface area contributed by atoms with Crippen molar-refractivity contribution in [1.29, 1.82) is 5.41 Å². The number of benzene rings is 1. The van der Waals surface area contributed by atoms with Crippen LogP contribution < -0.4 is 16.0 Å². The largest absolute Gasteiger partial charge is 0.497 e. The summed E-state index contributed by atoms with van der Waals surface area (Å²) in [6, 6.07) is 5.53. The molecule has 22 heavy (non-hydrogen) atoms. The molecule has 0 radical (unpaired) electrons. The molecule has 0 aliphatic heterocycles. The summed E-state index contributed by atoms with van der Waals surface area (Å²) in [5.74, 6) is -0.243. The molecular weight excluding hydrogens is 308 g/mol. The third-order valence-corrected chi connectivity index (χ3v) is 3.08. The summed E-state index contributed by atoms with van der Waals surface area (Å²) in [6.45, 7) is 3.97. The summed E-state index contributed by atoms with van der Waals surface area (Å²) in [5, 5.41) is 7.91. The molecule has 0 aliphatic carbocycles. The van der Waals surface area contributed by atoms with Gasteiger partial charge < -0.3 is 20.3 Å². The SMILES string of the molecule is COc1ccc2[nH]c(C(=O)ONC(=N)N)c(C(C)C)c2c1.Cl. The summed E-state index contributed by atoms with van der Waals surface area (Å²) in [4.78, 5) is 19.9. The lowest BCUT2D eigenvalue weighted by molar-refractivity contribution is 0.0375. The molecule has 2 rings (SSSR count). The Morgan fingerprint density at radius 2 is 2.09 bits per heavy atom. The highest BCUT2D eigenvalue weighted by Gasteiger charge is 2.22. The van der Waals surface area contributed by atoms with Crippen LogP contribution in [0.15, 0.2) is 18.2 Å². The van der Waals surface area contributed by atoms with Crippen molar-refractivity contribution in [2.75, 3.05) is 7.11 Å². The van der Waals surface area contributed by atoms with E-state index in [0.717, 1.165) is 16.5 Å². The number of hydrogen-bond acceptors (Lipinski definition) is 4. The predicted molar refractivity (Wildman–Crippen MR) is 86.7 cm³/mol. The lowest BCUT2D eigenvalue weighted by Gasteiger charge is -2.08. The summed E-state index contributed by atoms with van der Waals surface area (Å²) in [7, 11) is 1.59. The van der Waals surface area contributed by atoms with E-state index in [1.54, 1.807) is 7.11 Å². The van der Waals surface area contributed by atoms with Crippen LogP contribution in [-0.4, -0.2) is 24.0 Å². The molecule has 0 spiro atoms. The van der Waals surface area contributed by atoms with Crippen LogP contribution in [0.3, 0.4) is 0 Å². The standard InChI is InChI=1S/C14H18N4O3.ClH/c1-7(2)11-9-6-8(20-3)4-5-10(9)17-12(11)13(19)21-18-14(15)16;/h4-7,17H,1-3H3,(H4,15,16,18);1H. The van der Waals surface area contributed by atoms with Crippen molar-refractivity contribution in [3.63, 3.8) is 0 Å². The van der Waals surface area contributed by atoms with E-state index in [4.69, 9.17) is 20.7 Å². The smallest absolute Gasteiger partial charge is 0.379 e. The third kappa shape index (κ3) is 3.43. The third-order valence-electron chi connectivity index (χ3n) is 3.08.